The molecule has 1 aromatic heterocycles. The van der Waals surface area contributed by atoms with Gasteiger partial charge in [0.15, 0.2) is 6.29 Å². The smallest absolute Gasteiger partial charge is 0.250 e. The van der Waals surface area contributed by atoms with E-state index in [4.69, 9.17) is 33.0 Å². The maximum Gasteiger partial charge on any atom is 0.250 e. The fourth-order valence-electron chi connectivity index (χ4n) is 7.08. The molecule has 0 aliphatic carbocycles. The fraction of sp³-hybridized carbons (Fsp3) is 0.333. The topological polar surface area (TPSA) is 99.8 Å². The van der Waals surface area contributed by atoms with Crippen LogP contribution < -0.4 is 10.1 Å². The number of fused-ring (bicyclic) bond motifs is 7. The Bertz CT molecular complexity index is 1730. The molecule has 3 N–H and O–H groups in total. The van der Waals surface area contributed by atoms with Gasteiger partial charge in [-0.25, -0.2) is 9.07 Å². The highest BCUT2D eigenvalue weighted by atomic mass is 35.5. The molecule has 4 atom stereocenters. The Morgan fingerprint density at radius 2 is 1.98 bits per heavy atom. The number of rotatable bonds is 4. The van der Waals surface area contributed by atoms with Crippen molar-refractivity contribution in [3.8, 4) is 5.88 Å². The Morgan fingerprint density at radius 3 is 2.73 bits per heavy atom. The van der Waals surface area contributed by atoms with Crippen LogP contribution >= 0.6 is 23.2 Å². The number of aromatic nitrogens is 2. The summed E-state index contributed by atoms with van der Waals surface area (Å²) in [6, 6.07) is 14.2. The Hall–Kier alpha value is -3.21. The fourth-order valence-corrected chi connectivity index (χ4v) is 7.44. The van der Waals surface area contributed by atoms with E-state index in [-0.39, 0.29) is 35.1 Å². The Morgan fingerprint density at radius 1 is 1.17 bits per heavy atom. The number of nitrogens with one attached hydrogen (secondary N) is 1. The number of benzene rings is 3. The van der Waals surface area contributed by atoms with Gasteiger partial charge in [-0.15, -0.1) is 0 Å². The highest BCUT2D eigenvalue weighted by Crippen LogP contribution is 2.63. The molecule has 11 heteroatoms. The summed E-state index contributed by atoms with van der Waals surface area (Å²) in [4.78, 5) is 16.5. The van der Waals surface area contributed by atoms with E-state index in [9.17, 15) is 15.0 Å². The Balaban J connectivity index is 1.55. The average molecular weight is 597 g/mol. The van der Waals surface area contributed by atoms with Crippen LogP contribution in [-0.2, 0) is 10.3 Å². The van der Waals surface area contributed by atoms with Gasteiger partial charge in [0.25, 0.3) is 0 Å². The van der Waals surface area contributed by atoms with Gasteiger partial charge in [0.05, 0.1) is 28.0 Å². The Labute approximate surface area is 245 Å². The van der Waals surface area contributed by atoms with Crippen LogP contribution in [0.15, 0.2) is 54.6 Å². The van der Waals surface area contributed by atoms with E-state index in [1.807, 2.05) is 6.07 Å². The van der Waals surface area contributed by atoms with Crippen molar-refractivity contribution in [3.05, 3.63) is 87.2 Å². The van der Waals surface area contributed by atoms with Crippen LogP contribution in [0.1, 0.15) is 48.8 Å². The number of carbonyl (C=O) groups excluding carboxylic acids is 1. The first-order chi connectivity index (χ1) is 19.6. The maximum atomic E-state index is 16.1. The molecule has 8 nitrogen and oxygen atoms in total. The zero-order valence-corrected chi connectivity index (χ0v) is 23.7. The third kappa shape index (κ3) is 3.69. The van der Waals surface area contributed by atoms with Crippen LogP contribution in [0.25, 0.3) is 10.9 Å². The molecule has 0 radical (unpaired) electrons. The zero-order valence-electron chi connectivity index (χ0n) is 22.2. The lowest BCUT2D eigenvalue weighted by Crippen LogP contribution is -2.54. The van der Waals surface area contributed by atoms with Crippen LogP contribution in [-0.4, -0.2) is 50.0 Å². The van der Waals surface area contributed by atoms with Gasteiger partial charge in [0.1, 0.15) is 18.0 Å². The van der Waals surface area contributed by atoms with Gasteiger partial charge in [-0.2, -0.15) is 5.10 Å². The molecule has 3 aliphatic rings. The van der Waals surface area contributed by atoms with E-state index >= 15 is 4.39 Å². The van der Waals surface area contributed by atoms with Crippen molar-refractivity contribution in [2.45, 2.75) is 43.7 Å². The lowest BCUT2D eigenvalue weighted by Gasteiger charge is -2.40. The van der Waals surface area contributed by atoms with Crippen LogP contribution in [0.5, 0.6) is 5.88 Å². The van der Waals surface area contributed by atoms with Crippen molar-refractivity contribution >= 4 is 45.7 Å². The van der Waals surface area contributed by atoms with Gasteiger partial charge in [-0.05, 0) is 41.8 Å². The number of hydrogen-bond donors (Lipinski definition) is 3. The summed E-state index contributed by atoms with van der Waals surface area (Å²) in [5, 5.41) is 28.5. The third-order valence-corrected chi connectivity index (χ3v) is 9.08. The molecule has 41 heavy (non-hydrogen) atoms. The monoisotopic (exact) mass is 596 g/mol. The van der Waals surface area contributed by atoms with E-state index in [2.05, 4.69) is 24.1 Å². The molecule has 4 heterocycles. The number of halogens is 3. The number of carbonyl (C=O) groups is 1. The number of likely N-dealkylation sites (tertiary alicyclic amines) is 1. The molecule has 4 aromatic rings. The zero-order chi connectivity index (χ0) is 28.8. The van der Waals surface area contributed by atoms with E-state index in [1.54, 1.807) is 47.1 Å². The molecular weight excluding hydrogens is 570 g/mol. The summed E-state index contributed by atoms with van der Waals surface area (Å²) in [6.07, 6.45) is -1.66. The van der Waals surface area contributed by atoms with Gasteiger partial charge in [-0.1, -0.05) is 61.3 Å². The number of amides is 1. The normalized spacial score (nSPS) is 25.1. The molecule has 0 bridgehead atoms. The molecule has 3 aromatic carbocycles. The lowest BCUT2D eigenvalue weighted by molar-refractivity contribution is -0.128. The standard InChI is InChI=1S/C30H27Cl2FN4O4/c1-14(2)12-36-23-13-41-27-17-8-6-15(28(38)39)10-21(17)35-37(27)26(23)24(18-4-3-5-20(32)25(18)33)30(36)19-9-7-16(31)11-22(19)34-29(30)40/h3-11,14,23-24,26,28,38-39H,12-13H2,1-2H3,(H,34,40)/t23-,24-,26+,30+/m0/s1. The second-order valence-electron chi connectivity index (χ2n) is 11.3. The number of ether oxygens (including phenoxy) is 1. The predicted molar refractivity (Wildman–Crippen MR) is 153 cm³/mol. The maximum absolute atomic E-state index is 16.1. The highest BCUT2D eigenvalue weighted by molar-refractivity contribution is 6.31. The lowest BCUT2D eigenvalue weighted by atomic mass is 9.73. The second kappa shape index (κ2) is 9.40. The van der Waals surface area contributed by atoms with E-state index < -0.39 is 29.6 Å². The van der Waals surface area contributed by atoms with Crippen molar-refractivity contribution in [2.24, 2.45) is 5.92 Å². The molecule has 0 unspecified atom stereocenters. The summed E-state index contributed by atoms with van der Waals surface area (Å²) < 4.78 is 24.2. The van der Waals surface area contributed by atoms with E-state index in [0.717, 1.165) is 0 Å². The minimum absolute atomic E-state index is 0.0364. The van der Waals surface area contributed by atoms with Crippen molar-refractivity contribution in [3.63, 3.8) is 0 Å². The molecule has 7 rings (SSSR count). The molecule has 1 spiro atoms. The van der Waals surface area contributed by atoms with Gasteiger partial charge in [0.2, 0.25) is 11.8 Å². The van der Waals surface area contributed by atoms with Crippen molar-refractivity contribution < 1.29 is 24.1 Å². The van der Waals surface area contributed by atoms with Crippen molar-refractivity contribution in [2.75, 3.05) is 18.5 Å². The minimum Gasteiger partial charge on any atom is -0.476 e. The number of aliphatic hydroxyl groups is 2. The number of aliphatic hydroxyl groups excluding tert-OH is 1. The van der Waals surface area contributed by atoms with Crippen molar-refractivity contribution in [1.29, 1.82) is 0 Å². The van der Waals surface area contributed by atoms with Crippen LogP contribution in [0.2, 0.25) is 10.0 Å². The molecule has 1 fully saturated rings. The molecule has 1 saturated heterocycles. The molecule has 0 saturated carbocycles. The SMILES string of the molecule is CC(C)CN1[C@H]2COc3c4ccc(C(O)O)cc4nn3[C@H]2[C@H](c2cccc(Cl)c2F)[C@]12C(=O)Nc1cc(Cl)ccc12. The largest absolute Gasteiger partial charge is 0.476 e. The minimum atomic E-state index is -1.66. The Kier molecular flexibility index (Phi) is 6.12. The summed E-state index contributed by atoms with van der Waals surface area (Å²) in [6.45, 7) is 4.91. The van der Waals surface area contributed by atoms with Crippen LogP contribution in [0, 0.1) is 11.7 Å². The highest BCUT2D eigenvalue weighted by Gasteiger charge is 2.69. The van der Waals surface area contributed by atoms with Crippen molar-refractivity contribution in [1.82, 2.24) is 14.7 Å². The number of hydrogen-bond acceptors (Lipinski definition) is 6. The molecular formula is C30H27Cl2FN4O4. The summed E-state index contributed by atoms with van der Waals surface area (Å²) in [5.41, 5.74) is 1.05. The predicted octanol–water partition coefficient (Wildman–Crippen LogP) is 5.37. The molecule has 3 aliphatic heterocycles. The van der Waals surface area contributed by atoms with E-state index in [1.165, 1.54) is 6.07 Å². The van der Waals surface area contributed by atoms with Gasteiger partial charge >= 0.3 is 0 Å². The third-order valence-electron chi connectivity index (χ3n) is 8.55. The summed E-state index contributed by atoms with van der Waals surface area (Å²) >= 11 is 12.7. The first-order valence-electron chi connectivity index (χ1n) is 13.5. The second-order valence-corrected chi connectivity index (χ2v) is 12.2. The summed E-state index contributed by atoms with van der Waals surface area (Å²) in [5.74, 6) is -0.991. The average Bonchev–Trinajstić information content (AvgIpc) is 3.53. The first kappa shape index (κ1) is 26.7. The van der Waals surface area contributed by atoms with Crippen LogP contribution in [0.4, 0.5) is 10.1 Å². The van der Waals surface area contributed by atoms with Gasteiger partial charge in [0, 0.05) is 34.3 Å². The number of nitrogens with zero attached hydrogens (tertiary/aromatic N) is 3. The van der Waals surface area contributed by atoms with E-state index in [0.29, 0.717) is 45.2 Å². The molecule has 1 amide bonds. The van der Waals surface area contributed by atoms with Gasteiger partial charge < -0.3 is 20.3 Å². The van der Waals surface area contributed by atoms with Gasteiger partial charge in [-0.3, -0.25) is 9.69 Å². The summed E-state index contributed by atoms with van der Waals surface area (Å²) in [7, 11) is 0. The first-order valence-corrected chi connectivity index (χ1v) is 14.2. The quantitative estimate of drug-likeness (QED) is 0.274. The molecule has 212 valence electrons. The van der Waals surface area contributed by atoms with Crippen LogP contribution in [0.3, 0.4) is 0 Å². The number of anilines is 1.